The molecule has 6 unspecified atom stereocenters. The van der Waals surface area contributed by atoms with Crippen molar-refractivity contribution in [2.45, 2.75) is 84.2 Å². The molecule has 1 heterocycles. The smallest absolute Gasteiger partial charge is 0.328 e. The second kappa shape index (κ2) is 13.7. The molecule has 0 saturated heterocycles. The molecule has 12 nitrogen and oxygen atoms in total. The minimum atomic E-state index is -1.54. The first-order chi connectivity index (χ1) is 15.9. The number of carbonyl (C=O) groups is 4. The van der Waals surface area contributed by atoms with Gasteiger partial charge in [-0.25, -0.2) is 9.78 Å². The molecule has 192 valence electrons. The van der Waals surface area contributed by atoms with Gasteiger partial charge < -0.3 is 36.9 Å². The third-order valence-corrected chi connectivity index (χ3v) is 5.51. The normalized spacial score (nSPS) is 16.6. The minimum absolute atomic E-state index is 0.0756. The highest BCUT2D eigenvalue weighted by Gasteiger charge is 2.34. The Morgan fingerprint density at radius 2 is 1.65 bits per heavy atom. The number of hydrogen-bond acceptors (Lipinski definition) is 7. The number of carboxylic acid groups (broad SMARTS) is 1. The van der Waals surface area contributed by atoms with E-state index in [9.17, 15) is 29.4 Å². The minimum Gasteiger partial charge on any atom is -0.480 e. The van der Waals surface area contributed by atoms with E-state index in [4.69, 9.17) is 5.73 Å². The van der Waals surface area contributed by atoms with Crippen molar-refractivity contribution in [2.24, 2.45) is 17.6 Å². The molecule has 0 spiro atoms. The van der Waals surface area contributed by atoms with Crippen molar-refractivity contribution in [1.82, 2.24) is 25.9 Å². The van der Waals surface area contributed by atoms with Crippen molar-refractivity contribution in [3.8, 4) is 0 Å². The molecule has 1 rings (SSSR count). The lowest BCUT2D eigenvalue weighted by atomic mass is 9.96. The molecule has 0 aliphatic carbocycles. The van der Waals surface area contributed by atoms with Crippen LogP contribution in [0, 0.1) is 11.8 Å². The van der Waals surface area contributed by atoms with Gasteiger partial charge >= 0.3 is 5.97 Å². The molecule has 0 saturated carbocycles. The summed E-state index contributed by atoms with van der Waals surface area (Å²) in [6.45, 7) is 8.63. The Kier molecular flexibility index (Phi) is 11.7. The SMILES string of the molecule is CCC(C)C(NC(=O)C(Cc1cnc[nH]1)NC(=O)C(N)CC(C)C)C(=O)NC(C(=O)O)C(C)O. The third kappa shape index (κ3) is 9.10. The number of imidazole rings is 1. The fourth-order valence-electron chi connectivity index (χ4n) is 3.31. The second-order valence-electron chi connectivity index (χ2n) is 9.02. The standard InChI is InChI=1S/C22H38N6O6/c1-6-12(4)17(21(32)28-18(13(5)29)22(33)34)27-20(31)16(8-14-9-24-10-25-14)26-19(30)15(23)7-11(2)3/h9-13,15-18,29H,6-8,23H2,1-5H3,(H,24,25)(H,26,30)(H,27,31)(H,28,32)(H,33,34). The van der Waals surface area contributed by atoms with Gasteiger partial charge in [-0.15, -0.1) is 0 Å². The maximum absolute atomic E-state index is 13.2. The van der Waals surface area contributed by atoms with E-state index < -0.39 is 54.0 Å². The van der Waals surface area contributed by atoms with Crippen LogP contribution in [0.25, 0.3) is 0 Å². The topological polar surface area (TPSA) is 200 Å². The molecule has 1 aromatic heterocycles. The number of aromatic amines is 1. The Morgan fingerprint density at radius 3 is 2.12 bits per heavy atom. The van der Waals surface area contributed by atoms with E-state index in [0.717, 1.165) is 0 Å². The molecule has 3 amide bonds. The predicted octanol–water partition coefficient (Wildman–Crippen LogP) is -0.708. The van der Waals surface area contributed by atoms with Crippen LogP contribution in [0.5, 0.6) is 0 Å². The van der Waals surface area contributed by atoms with Gasteiger partial charge in [0.05, 0.1) is 18.5 Å². The zero-order valence-corrected chi connectivity index (χ0v) is 20.4. The number of nitrogens with one attached hydrogen (secondary N) is 4. The van der Waals surface area contributed by atoms with Crippen LogP contribution in [-0.2, 0) is 25.6 Å². The van der Waals surface area contributed by atoms with Crippen molar-refractivity contribution in [3.05, 3.63) is 18.2 Å². The molecule has 8 N–H and O–H groups in total. The van der Waals surface area contributed by atoms with E-state index >= 15 is 0 Å². The molecule has 34 heavy (non-hydrogen) atoms. The summed E-state index contributed by atoms with van der Waals surface area (Å²) >= 11 is 0. The van der Waals surface area contributed by atoms with E-state index in [-0.39, 0.29) is 18.3 Å². The van der Waals surface area contributed by atoms with Gasteiger partial charge in [0, 0.05) is 18.3 Å². The van der Waals surface area contributed by atoms with Crippen molar-refractivity contribution in [1.29, 1.82) is 0 Å². The molecular formula is C22H38N6O6. The molecular weight excluding hydrogens is 444 g/mol. The zero-order chi connectivity index (χ0) is 26.0. The monoisotopic (exact) mass is 482 g/mol. The van der Waals surface area contributed by atoms with Gasteiger partial charge in [0.1, 0.15) is 12.1 Å². The van der Waals surface area contributed by atoms with Gasteiger partial charge in [0.15, 0.2) is 6.04 Å². The fraction of sp³-hybridized carbons (Fsp3) is 0.682. The average Bonchev–Trinajstić information content (AvgIpc) is 3.26. The number of aliphatic hydroxyl groups excluding tert-OH is 1. The lowest BCUT2D eigenvalue weighted by Crippen LogP contribution is -2.60. The summed E-state index contributed by atoms with van der Waals surface area (Å²) in [4.78, 5) is 56.8. The van der Waals surface area contributed by atoms with Gasteiger partial charge in [0.2, 0.25) is 17.7 Å². The highest BCUT2D eigenvalue weighted by Crippen LogP contribution is 2.11. The lowest BCUT2D eigenvalue weighted by molar-refractivity contribution is -0.145. The predicted molar refractivity (Wildman–Crippen MR) is 124 cm³/mol. The summed E-state index contributed by atoms with van der Waals surface area (Å²) in [5.41, 5.74) is 6.55. The highest BCUT2D eigenvalue weighted by molar-refractivity contribution is 5.94. The maximum Gasteiger partial charge on any atom is 0.328 e. The van der Waals surface area contributed by atoms with Crippen molar-refractivity contribution in [3.63, 3.8) is 0 Å². The van der Waals surface area contributed by atoms with Crippen LogP contribution < -0.4 is 21.7 Å². The van der Waals surface area contributed by atoms with Crippen LogP contribution >= 0.6 is 0 Å². The van der Waals surface area contributed by atoms with Gasteiger partial charge in [-0.2, -0.15) is 0 Å². The molecule has 0 aliphatic heterocycles. The quantitative estimate of drug-likeness (QED) is 0.180. The zero-order valence-electron chi connectivity index (χ0n) is 20.4. The van der Waals surface area contributed by atoms with Crippen LogP contribution in [0.4, 0.5) is 0 Å². The summed E-state index contributed by atoms with van der Waals surface area (Å²) in [5, 5.41) is 26.5. The molecule has 0 bridgehead atoms. The summed E-state index contributed by atoms with van der Waals surface area (Å²) in [5.74, 6) is -3.48. The van der Waals surface area contributed by atoms with Crippen molar-refractivity contribution in [2.75, 3.05) is 0 Å². The van der Waals surface area contributed by atoms with Crippen molar-refractivity contribution < 1.29 is 29.4 Å². The molecule has 6 atom stereocenters. The number of carbonyl (C=O) groups excluding carboxylic acids is 3. The van der Waals surface area contributed by atoms with Crippen molar-refractivity contribution >= 4 is 23.7 Å². The van der Waals surface area contributed by atoms with Gasteiger partial charge in [-0.05, 0) is 25.2 Å². The number of H-pyrrole nitrogens is 1. The number of aliphatic hydroxyl groups is 1. The second-order valence-corrected chi connectivity index (χ2v) is 9.02. The van der Waals surface area contributed by atoms with E-state index in [1.807, 2.05) is 20.8 Å². The van der Waals surface area contributed by atoms with E-state index in [1.54, 1.807) is 6.92 Å². The Balaban J connectivity index is 3.08. The molecule has 0 fully saturated rings. The summed E-state index contributed by atoms with van der Waals surface area (Å²) in [7, 11) is 0. The van der Waals surface area contributed by atoms with Crippen LogP contribution in [0.15, 0.2) is 12.5 Å². The Morgan fingerprint density at radius 1 is 1.03 bits per heavy atom. The number of nitrogens with zero attached hydrogens (tertiary/aromatic N) is 1. The first-order valence-electron chi connectivity index (χ1n) is 11.4. The number of rotatable bonds is 14. The fourth-order valence-corrected chi connectivity index (χ4v) is 3.31. The first kappa shape index (κ1) is 29.0. The lowest BCUT2D eigenvalue weighted by Gasteiger charge is -2.28. The number of amides is 3. The van der Waals surface area contributed by atoms with Crippen LogP contribution in [0.2, 0.25) is 0 Å². The largest absolute Gasteiger partial charge is 0.480 e. The van der Waals surface area contributed by atoms with Crippen LogP contribution in [0.3, 0.4) is 0 Å². The number of carboxylic acids is 1. The number of aliphatic carboxylic acids is 1. The first-order valence-corrected chi connectivity index (χ1v) is 11.4. The summed E-state index contributed by atoms with van der Waals surface area (Å²) in [6.07, 6.45) is 2.61. The number of nitrogens with two attached hydrogens (primary N) is 1. The molecule has 0 aliphatic rings. The number of aromatic nitrogens is 2. The van der Waals surface area contributed by atoms with Crippen LogP contribution in [-0.4, -0.2) is 74.1 Å². The van der Waals surface area contributed by atoms with Gasteiger partial charge in [0.25, 0.3) is 0 Å². The van der Waals surface area contributed by atoms with E-state index in [0.29, 0.717) is 18.5 Å². The Bertz CT molecular complexity index is 813. The summed E-state index contributed by atoms with van der Waals surface area (Å²) < 4.78 is 0. The van der Waals surface area contributed by atoms with Crippen LogP contribution in [0.1, 0.15) is 53.2 Å². The summed E-state index contributed by atoms with van der Waals surface area (Å²) in [6, 6.07) is -4.50. The highest BCUT2D eigenvalue weighted by atomic mass is 16.4. The average molecular weight is 483 g/mol. The molecule has 0 radical (unpaired) electrons. The third-order valence-electron chi connectivity index (χ3n) is 5.51. The molecule has 0 aromatic carbocycles. The maximum atomic E-state index is 13.2. The Hall–Kier alpha value is -2.99. The van der Waals surface area contributed by atoms with Gasteiger partial charge in [-0.3, -0.25) is 14.4 Å². The van der Waals surface area contributed by atoms with E-state index in [2.05, 4.69) is 25.9 Å². The molecule has 12 heteroatoms. The van der Waals surface area contributed by atoms with Gasteiger partial charge in [-0.1, -0.05) is 34.1 Å². The Labute approximate surface area is 199 Å². The van der Waals surface area contributed by atoms with E-state index in [1.165, 1.54) is 19.4 Å². The number of hydrogen-bond donors (Lipinski definition) is 7. The molecule has 1 aromatic rings.